The summed E-state index contributed by atoms with van der Waals surface area (Å²) >= 11 is 0. The fourth-order valence-corrected chi connectivity index (χ4v) is 0. The van der Waals surface area contributed by atoms with Gasteiger partial charge < -0.3 is 31.9 Å². The van der Waals surface area contributed by atoms with Crippen LogP contribution in [0, 0.1) is 35.6 Å². The van der Waals surface area contributed by atoms with Crippen LogP contribution in [0.15, 0.2) is 0 Å². The molecule has 0 aliphatic carbocycles. The van der Waals surface area contributed by atoms with E-state index >= 15 is 0 Å². The van der Waals surface area contributed by atoms with Gasteiger partial charge in [-0.1, -0.05) is 0 Å². The first-order chi connectivity index (χ1) is 8.84. The van der Waals surface area contributed by atoms with Gasteiger partial charge in [-0.2, -0.15) is 0 Å². The van der Waals surface area contributed by atoms with Gasteiger partial charge in [0.2, 0.25) is 0 Å². The van der Waals surface area contributed by atoms with Crippen LogP contribution in [-0.2, 0) is 36.2 Å². The number of carbonyl (C=O) groups is 4. The van der Waals surface area contributed by atoms with Crippen LogP contribution in [0.5, 0.6) is 0 Å². The van der Waals surface area contributed by atoms with Crippen LogP contribution in [0.1, 0.15) is 27.7 Å². The Hall–Kier alpha value is -0.486. The second-order valence-electron chi connectivity index (χ2n) is 2.65. The zero-order valence-electron chi connectivity index (χ0n) is 12.9. The summed E-state index contributed by atoms with van der Waals surface area (Å²) in [7, 11) is 0. The summed E-state index contributed by atoms with van der Waals surface area (Å²) in [5.41, 5.74) is 9.81. The molecule has 22 heavy (non-hydrogen) atoms. The number of hydrogen-bond donors (Lipinski definition) is 6. The minimum absolute atomic E-state index is 0. The second-order valence-corrected chi connectivity index (χ2v) is 2.65. The molecule has 0 saturated carbocycles. The van der Waals surface area contributed by atoms with E-state index in [1.807, 2.05) is 0 Å². The molecule has 12 heteroatoms. The molecule has 132 valence electrons. The number of aliphatic carboxylic acids is 4. The molecule has 10 nitrogen and oxygen atoms in total. The third-order valence-electron chi connectivity index (χ3n) is 0.167. The fourth-order valence-electron chi connectivity index (χ4n) is 0. The first-order valence-electron chi connectivity index (χ1n) is 5.03. The normalized spacial score (nSPS) is 5.91. The summed E-state index contributed by atoms with van der Waals surface area (Å²) in [5.74, 6) is -3.33. The minimum atomic E-state index is -0.833. The van der Waals surface area contributed by atoms with Crippen molar-refractivity contribution in [3.05, 3.63) is 0 Å². The molecule has 2 radical (unpaired) electrons. The van der Waals surface area contributed by atoms with E-state index in [0.29, 0.717) is 13.1 Å². The molecule has 0 aliphatic rings. The van der Waals surface area contributed by atoms with E-state index in [2.05, 4.69) is 0 Å². The number of hydrogen-bond acceptors (Lipinski definition) is 6. The van der Waals surface area contributed by atoms with Gasteiger partial charge in [0.05, 0.1) is 0 Å². The second kappa shape index (κ2) is 42.8. The molecule has 0 bridgehead atoms. The van der Waals surface area contributed by atoms with Crippen LogP contribution >= 0.6 is 0 Å². The Balaban J connectivity index is -0.0000000250. The van der Waals surface area contributed by atoms with Crippen molar-refractivity contribution < 1.29 is 92.3 Å². The summed E-state index contributed by atoms with van der Waals surface area (Å²) in [6.07, 6.45) is 0. The maximum atomic E-state index is 9.00. The van der Waals surface area contributed by atoms with Crippen molar-refractivity contribution in [1.29, 1.82) is 0 Å². The van der Waals surface area contributed by atoms with Crippen molar-refractivity contribution in [2.45, 2.75) is 27.7 Å². The maximum absolute atomic E-state index is 9.00. The fraction of sp³-hybridized carbons (Fsp3) is 0.600. The van der Waals surface area contributed by atoms with Gasteiger partial charge in [-0.15, -0.1) is 0 Å². The molecule has 0 aromatic rings. The predicted octanol–water partition coefficient (Wildman–Crippen LogP) is -0.735. The molecule has 0 aliphatic heterocycles. The largest absolute Gasteiger partial charge is 0.481 e. The van der Waals surface area contributed by atoms with Gasteiger partial charge in [-0.05, 0) is 0 Å². The summed E-state index contributed by atoms with van der Waals surface area (Å²) in [4.78, 5) is 36.0. The molecular weight excluding hydrogens is 470 g/mol. The van der Waals surface area contributed by atoms with E-state index in [4.69, 9.17) is 51.1 Å². The van der Waals surface area contributed by atoms with E-state index in [1.54, 1.807) is 0 Å². The van der Waals surface area contributed by atoms with Crippen LogP contribution < -0.4 is 11.5 Å². The van der Waals surface area contributed by atoms with Crippen molar-refractivity contribution in [2.75, 3.05) is 13.1 Å². The number of carboxylic acids is 4. The average molecular weight is 494 g/mol. The molecule has 0 saturated heterocycles. The number of rotatable bonds is 1. The van der Waals surface area contributed by atoms with E-state index in [1.165, 1.54) is 0 Å². The van der Waals surface area contributed by atoms with Gasteiger partial charge in [0.15, 0.2) is 0 Å². The van der Waals surface area contributed by atoms with Gasteiger partial charge in [-0.25, -0.2) is 0 Å². The van der Waals surface area contributed by atoms with E-state index in [-0.39, 0.29) is 52.7 Å². The Morgan fingerprint density at radius 1 is 0.636 bits per heavy atom. The number of carboxylic acid groups (broad SMARTS) is 4. The molecular formula is C10H24LaMnN2O8. The summed E-state index contributed by atoms with van der Waals surface area (Å²) in [6.45, 7) is 5.53. The van der Waals surface area contributed by atoms with Gasteiger partial charge >= 0.3 is 0 Å². The van der Waals surface area contributed by atoms with Gasteiger partial charge in [0, 0.05) is 93.5 Å². The standard InChI is InChI=1S/C2H8N2.4C2H4O2.La.Mn/c3-1-2-4;4*1-2(3)4;;/h1-4H2;4*1H3,(H,3,4);;. The van der Waals surface area contributed by atoms with Crippen molar-refractivity contribution in [3.63, 3.8) is 0 Å². The van der Waals surface area contributed by atoms with Gasteiger partial charge in [0.25, 0.3) is 23.9 Å². The molecule has 0 atom stereocenters. The summed E-state index contributed by atoms with van der Waals surface area (Å²) < 4.78 is 0. The Morgan fingerprint density at radius 2 is 0.682 bits per heavy atom. The molecule has 0 aromatic heterocycles. The minimum Gasteiger partial charge on any atom is -0.481 e. The molecule has 0 heterocycles. The Morgan fingerprint density at radius 3 is 0.682 bits per heavy atom. The Bertz CT molecular complexity index is 201. The van der Waals surface area contributed by atoms with Gasteiger partial charge in [-0.3, -0.25) is 19.2 Å². The Kier molecular flexibility index (Phi) is 83.6. The predicted molar refractivity (Wildman–Crippen MR) is 71.3 cm³/mol. The topological polar surface area (TPSA) is 201 Å². The maximum Gasteiger partial charge on any atom is 0.300 e. The smallest absolute Gasteiger partial charge is 0.300 e. The summed E-state index contributed by atoms with van der Waals surface area (Å²) in [6, 6.07) is 0. The SMILES string of the molecule is CC(=O)O.CC(=O)O.CC(=O)O.CC(=O)O.NCCN.[La].[Mn]. The third kappa shape index (κ3) is 25300. The molecule has 0 aromatic carbocycles. The first-order valence-corrected chi connectivity index (χ1v) is 5.03. The van der Waals surface area contributed by atoms with Crippen LogP contribution in [0.3, 0.4) is 0 Å². The van der Waals surface area contributed by atoms with Crippen LogP contribution in [-0.4, -0.2) is 57.4 Å². The zero-order chi connectivity index (χ0) is 17.7. The quantitative estimate of drug-likeness (QED) is 0.252. The van der Waals surface area contributed by atoms with E-state index in [9.17, 15) is 0 Å². The molecule has 0 rings (SSSR count). The molecule has 0 unspecified atom stereocenters. The third-order valence-corrected chi connectivity index (χ3v) is 0.167. The monoisotopic (exact) mass is 494 g/mol. The van der Waals surface area contributed by atoms with Crippen molar-refractivity contribution in [2.24, 2.45) is 11.5 Å². The average Bonchev–Trinajstić information content (AvgIpc) is 2.13. The van der Waals surface area contributed by atoms with Crippen molar-refractivity contribution in [1.82, 2.24) is 0 Å². The van der Waals surface area contributed by atoms with E-state index < -0.39 is 23.9 Å². The van der Waals surface area contributed by atoms with Crippen molar-refractivity contribution in [3.8, 4) is 0 Å². The van der Waals surface area contributed by atoms with Crippen LogP contribution in [0.25, 0.3) is 0 Å². The Labute approximate surface area is 167 Å². The first kappa shape index (κ1) is 43.0. The molecule has 8 N–H and O–H groups in total. The zero-order valence-corrected chi connectivity index (χ0v) is 17.8. The molecule has 0 spiro atoms. The number of nitrogens with two attached hydrogens (primary N) is 2. The molecule has 0 amide bonds. The van der Waals surface area contributed by atoms with Crippen LogP contribution in [0.2, 0.25) is 0 Å². The molecule has 0 fully saturated rings. The summed E-state index contributed by atoms with van der Waals surface area (Å²) in [5, 5.41) is 29.7. The van der Waals surface area contributed by atoms with Crippen molar-refractivity contribution >= 4 is 23.9 Å². The van der Waals surface area contributed by atoms with Gasteiger partial charge in [0.1, 0.15) is 0 Å². The van der Waals surface area contributed by atoms with Crippen LogP contribution in [0.4, 0.5) is 0 Å². The van der Waals surface area contributed by atoms with E-state index in [0.717, 1.165) is 27.7 Å².